The smallest absolute Gasteiger partial charge is 0.234 e. The molecule has 2 saturated carbocycles. The Morgan fingerprint density at radius 2 is 1.62 bits per heavy atom. The second-order valence-corrected chi connectivity index (χ2v) is 6.85. The molecule has 0 aromatic rings. The van der Waals surface area contributed by atoms with Gasteiger partial charge in [-0.25, -0.2) is 0 Å². The highest BCUT2D eigenvalue weighted by atomic mass is 16.1. The first-order valence-electron chi connectivity index (χ1n) is 8.96. The van der Waals surface area contributed by atoms with Crippen LogP contribution in [0, 0.1) is 0 Å². The van der Waals surface area contributed by atoms with Crippen molar-refractivity contribution in [2.75, 3.05) is 26.7 Å². The quantitative estimate of drug-likeness (QED) is 0.559. The molecule has 2 N–H and O–H groups in total. The summed E-state index contributed by atoms with van der Waals surface area (Å²) in [6.07, 6.45) is 13.0. The number of carbonyl (C=O) groups is 1. The fraction of sp³-hybridized carbons (Fsp3) is 0.941. The van der Waals surface area contributed by atoms with E-state index in [1.54, 1.807) is 0 Å². The van der Waals surface area contributed by atoms with Crippen LogP contribution in [0.25, 0.3) is 0 Å². The molecule has 2 aliphatic rings. The summed E-state index contributed by atoms with van der Waals surface area (Å²) in [5.41, 5.74) is 0. The molecule has 0 atom stereocenters. The van der Waals surface area contributed by atoms with Gasteiger partial charge in [0.2, 0.25) is 5.91 Å². The average Bonchev–Trinajstić information content (AvgIpc) is 2.90. The third kappa shape index (κ3) is 6.35. The maximum Gasteiger partial charge on any atom is 0.234 e. The topological polar surface area (TPSA) is 44.4 Å². The second kappa shape index (κ2) is 9.42. The van der Waals surface area contributed by atoms with Crippen LogP contribution in [0.2, 0.25) is 0 Å². The van der Waals surface area contributed by atoms with Crippen LogP contribution in [0.3, 0.4) is 0 Å². The van der Waals surface area contributed by atoms with Gasteiger partial charge in [-0.3, -0.25) is 4.79 Å². The molecule has 0 aromatic heterocycles. The molecule has 0 unspecified atom stereocenters. The van der Waals surface area contributed by atoms with Gasteiger partial charge in [0.15, 0.2) is 0 Å². The Labute approximate surface area is 130 Å². The molecule has 2 rings (SSSR count). The molecule has 2 fully saturated rings. The summed E-state index contributed by atoms with van der Waals surface area (Å²) in [7, 11) is 2.21. The first-order valence-corrected chi connectivity index (χ1v) is 8.96. The minimum atomic E-state index is 0.172. The molecule has 4 nitrogen and oxygen atoms in total. The van der Waals surface area contributed by atoms with Gasteiger partial charge in [0, 0.05) is 25.2 Å². The number of rotatable bonds is 7. The SMILES string of the molecule is CN(CCNCC(=O)NC1CCCCCC1)C1CCCC1. The lowest BCUT2D eigenvalue weighted by Crippen LogP contribution is -2.42. The molecule has 4 heteroatoms. The average molecular weight is 295 g/mol. The van der Waals surface area contributed by atoms with Crippen LogP contribution in [0.4, 0.5) is 0 Å². The Bertz CT molecular complexity index is 294. The predicted molar refractivity (Wildman–Crippen MR) is 87.4 cm³/mol. The summed E-state index contributed by atoms with van der Waals surface area (Å²) < 4.78 is 0. The molecule has 2 aliphatic carbocycles. The van der Waals surface area contributed by atoms with Crippen LogP contribution < -0.4 is 10.6 Å². The Balaban J connectivity index is 1.52. The molecular formula is C17H33N3O. The van der Waals surface area contributed by atoms with Crippen LogP contribution in [0.1, 0.15) is 64.2 Å². The Morgan fingerprint density at radius 3 is 2.29 bits per heavy atom. The first kappa shape index (κ1) is 16.8. The lowest BCUT2D eigenvalue weighted by Gasteiger charge is -2.24. The lowest BCUT2D eigenvalue weighted by atomic mass is 10.1. The Hall–Kier alpha value is -0.610. The molecule has 0 bridgehead atoms. The summed E-state index contributed by atoms with van der Waals surface area (Å²) in [6, 6.07) is 1.19. The van der Waals surface area contributed by atoms with E-state index < -0.39 is 0 Å². The minimum Gasteiger partial charge on any atom is -0.352 e. The van der Waals surface area contributed by atoms with Crippen molar-refractivity contribution in [1.82, 2.24) is 15.5 Å². The van der Waals surface area contributed by atoms with Gasteiger partial charge in [-0.1, -0.05) is 38.5 Å². The molecule has 0 aliphatic heterocycles. The van der Waals surface area contributed by atoms with Gasteiger partial charge in [-0.15, -0.1) is 0 Å². The van der Waals surface area contributed by atoms with Gasteiger partial charge in [0.25, 0.3) is 0 Å². The van der Waals surface area contributed by atoms with E-state index in [1.807, 2.05) is 0 Å². The first-order chi connectivity index (χ1) is 10.3. The standard InChI is InChI=1S/C17H33N3O/c1-20(16-10-6-7-11-16)13-12-18-14-17(21)19-15-8-4-2-3-5-9-15/h15-16,18H,2-14H2,1H3,(H,19,21). The molecule has 0 heterocycles. The Kier molecular flexibility index (Phi) is 7.51. The number of nitrogens with one attached hydrogen (secondary N) is 2. The highest BCUT2D eigenvalue weighted by molar-refractivity contribution is 5.78. The molecule has 1 amide bonds. The van der Waals surface area contributed by atoms with Crippen LogP contribution in [-0.4, -0.2) is 49.6 Å². The number of hydrogen-bond donors (Lipinski definition) is 2. The monoisotopic (exact) mass is 295 g/mol. The number of amides is 1. The summed E-state index contributed by atoms with van der Waals surface area (Å²) >= 11 is 0. The molecule has 0 radical (unpaired) electrons. The zero-order valence-corrected chi connectivity index (χ0v) is 13.7. The number of hydrogen-bond acceptors (Lipinski definition) is 3. The van der Waals surface area contributed by atoms with Gasteiger partial charge < -0.3 is 15.5 Å². The van der Waals surface area contributed by atoms with E-state index in [4.69, 9.17) is 0 Å². The van der Waals surface area contributed by atoms with Crippen molar-refractivity contribution in [1.29, 1.82) is 0 Å². The van der Waals surface area contributed by atoms with Crippen molar-refractivity contribution < 1.29 is 4.79 Å². The third-order valence-corrected chi connectivity index (χ3v) is 5.10. The fourth-order valence-electron chi connectivity index (χ4n) is 3.69. The van der Waals surface area contributed by atoms with Crippen molar-refractivity contribution in [3.05, 3.63) is 0 Å². The van der Waals surface area contributed by atoms with Crippen molar-refractivity contribution in [3.8, 4) is 0 Å². The van der Waals surface area contributed by atoms with E-state index in [0.717, 1.165) is 32.0 Å². The normalized spacial score (nSPS) is 21.6. The zero-order valence-electron chi connectivity index (χ0n) is 13.7. The maximum absolute atomic E-state index is 11.9. The molecule has 0 aromatic carbocycles. The van der Waals surface area contributed by atoms with Crippen molar-refractivity contribution in [3.63, 3.8) is 0 Å². The van der Waals surface area contributed by atoms with E-state index in [2.05, 4.69) is 22.6 Å². The van der Waals surface area contributed by atoms with Crippen molar-refractivity contribution in [2.24, 2.45) is 0 Å². The molecule has 0 spiro atoms. The van der Waals surface area contributed by atoms with Crippen molar-refractivity contribution >= 4 is 5.91 Å². The summed E-state index contributed by atoms with van der Waals surface area (Å²) in [4.78, 5) is 14.4. The lowest BCUT2D eigenvalue weighted by molar-refractivity contribution is -0.121. The second-order valence-electron chi connectivity index (χ2n) is 6.85. The summed E-state index contributed by atoms with van der Waals surface area (Å²) in [6.45, 7) is 2.42. The Morgan fingerprint density at radius 1 is 1.00 bits per heavy atom. The van der Waals surface area contributed by atoms with Gasteiger partial charge in [-0.05, 0) is 32.7 Å². The largest absolute Gasteiger partial charge is 0.352 e. The van der Waals surface area contributed by atoms with E-state index in [9.17, 15) is 4.79 Å². The number of carbonyl (C=O) groups excluding carboxylic acids is 1. The molecule has 122 valence electrons. The summed E-state index contributed by atoms with van der Waals surface area (Å²) in [5.74, 6) is 0.172. The number of nitrogens with zero attached hydrogens (tertiary/aromatic N) is 1. The molecular weight excluding hydrogens is 262 g/mol. The van der Waals surface area contributed by atoms with E-state index in [1.165, 1.54) is 51.4 Å². The fourth-order valence-corrected chi connectivity index (χ4v) is 3.69. The van der Waals surface area contributed by atoms with E-state index in [-0.39, 0.29) is 5.91 Å². The number of likely N-dealkylation sites (N-methyl/N-ethyl adjacent to an activating group) is 1. The van der Waals surface area contributed by atoms with Gasteiger partial charge in [-0.2, -0.15) is 0 Å². The van der Waals surface area contributed by atoms with Crippen LogP contribution in [-0.2, 0) is 4.79 Å². The van der Waals surface area contributed by atoms with E-state index >= 15 is 0 Å². The zero-order chi connectivity index (χ0) is 14.9. The van der Waals surface area contributed by atoms with Gasteiger partial charge in [0.05, 0.1) is 6.54 Å². The van der Waals surface area contributed by atoms with E-state index in [0.29, 0.717) is 12.6 Å². The third-order valence-electron chi connectivity index (χ3n) is 5.10. The predicted octanol–water partition coefficient (Wildman–Crippen LogP) is 2.29. The van der Waals surface area contributed by atoms with Crippen LogP contribution >= 0.6 is 0 Å². The molecule has 21 heavy (non-hydrogen) atoms. The minimum absolute atomic E-state index is 0.172. The highest BCUT2D eigenvalue weighted by Crippen LogP contribution is 2.21. The van der Waals surface area contributed by atoms with Gasteiger partial charge in [0.1, 0.15) is 0 Å². The van der Waals surface area contributed by atoms with Crippen LogP contribution in [0.5, 0.6) is 0 Å². The maximum atomic E-state index is 11.9. The highest BCUT2D eigenvalue weighted by Gasteiger charge is 2.19. The summed E-state index contributed by atoms with van der Waals surface area (Å²) in [5, 5.41) is 6.48. The van der Waals surface area contributed by atoms with Crippen LogP contribution in [0.15, 0.2) is 0 Å². The van der Waals surface area contributed by atoms with Crippen molar-refractivity contribution in [2.45, 2.75) is 76.3 Å². The van der Waals surface area contributed by atoms with Gasteiger partial charge >= 0.3 is 0 Å². The molecule has 0 saturated heterocycles.